The minimum absolute atomic E-state index is 0.268. The second-order valence-corrected chi connectivity index (χ2v) is 3.55. The summed E-state index contributed by atoms with van der Waals surface area (Å²) in [7, 11) is 1.62. The van der Waals surface area contributed by atoms with E-state index in [-0.39, 0.29) is 6.61 Å². The average molecular weight is 239 g/mol. The molecule has 1 amide bonds. The standard InChI is InChI=1S/C12H13ClNO2/c1-3-4-8-16-12(15)14(2)11-7-5-6-10(13)9-11/h3-4,6-7,9H,8H2,1-2H3. The summed E-state index contributed by atoms with van der Waals surface area (Å²) < 4.78 is 4.98. The van der Waals surface area contributed by atoms with Crippen LogP contribution in [0.3, 0.4) is 0 Å². The number of benzene rings is 1. The van der Waals surface area contributed by atoms with Crippen molar-refractivity contribution in [2.45, 2.75) is 6.92 Å². The van der Waals surface area contributed by atoms with Crippen LogP contribution in [0.15, 0.2) is 30.4 Å². The van der Waals surface area contributed by atoms with Gasteiger partial charge in [0.2, 0.25) is 0 Å². The highest BCUT2D eigenvalue weighted by Crippen LogP contribution is 2.18. The van der Waals surface area contributed by atoms with Crippen molar-refractivity contribution < 1.29 is 9.53 Å². The number of hydrogen-bond donors (Lipinski definition) is 0. The highest BCUT2D eigenvalue weighted by molar-refractivity contribution is 6.30. The molecule has 0 atom stereocenters. The van der Waals surface area contributed by atoms with Gasteiger partial charge in [-0.2, -0.15) is 0 Å². The number of amides is 1. The first-order chi connectivity index (χ1) is 7.65. The molecule has 0 fully saturated rings. The summed E-state index contributed by atoms with van der Waals surface area (Å²) in [6.07, 6.45) is 3.16. The molecule has 1 aromatic carbocycles. The number of halogens is 1. The van der Waals surface area contributed by atoms with Gasteiger partial charge >= 0.3 is 6.09 Å². The number of nitrogens with zero attached hydrogens (tertiary/aromatic N) is 1. The van der Waals surface area contributed by atoms with Crippen LogP contribution < -0.4 is 4.90 Å². The molecule has 0 aliphatic carbocycles. The summed E-state index contributed by atoms with van der Waals surface area (Å²) in [4.78, 5) is 12.9. The Morgan fingerprint density at radius 2 is 2.38 bits per heavy atom. The van der Waals surface area contributed by atoms with E-state index in [1.807, 2.05) is 13.0 Å². The Bertz CT molecular complexity index is 390. The van der Waals surface area contributed by atoms with Crippen molar-refractivity contribution in [2.24, 2.45) is 0 Å². The minimum Gasteiger partial charge on any atom is -0.445 e. The number of allylic oxidation sites excluding steroid dienone is 1. The van der Waals surface area contributed by atoms with Crippen molar-refractivity contribution in [1.82, 2.24) is 0 Å². The number of ether oxygens (including phenoxy) is 1. The maximum Gasteiger partial charge on any atom is 0.414 e. The Morgan fingerprint density at radius 1 is 1.62 bits per heavy atom. The fourth-order valence-electron chi connectivity index (χ4n) is 1.04. The average Bonchev–Trinajstić information content (AvgIpc) is 2.28. The van der Waals surface area contributed by atoms with E-state index in [1.165, 1.54) is 4.90 Å². The van der Waals surface area contributed by atoms with E-state index in [4.69, 9.17) is 16.3 Å². The van der Waals surface area contributed by atoms with E-state index in [2.05, 4.69) is 6.07 Å². The van der Waals surface area contributed by atoms with Gasteiger partial charge in [0.15, 0.2) is 0 Å². The van der Waals surface area contributed by atoms with Crippen LogP contribution in [0.1, 0.15) is 6.92 Å². The third kappa shape index (κ3) is 3.59. The minimum atomic E-state index is -0.422. The lowest BCUT2D eigenvalue weighted by molar-refractivity contribution is 0.167. The molecule has 1 radical (unpaired) electrons. The molecule has 16 heavy (non-hydrogen) atoms. The van der Waals surface area contributed by atoms with E-state index >= 15 is 0 Å². The van der Waals surface area contributed by atoms with E-state index < -0.39 is 6.09 Å². The molecule has 85 valence electrons. The molecule has 0 bridgehead atoms. The van der Waals surface area contributed by atoms with Gasteiger partial charge in [-0.25, -0.2) is 4.79 Å². The quantitative estimate of drug-likeness (QED) is 0.757. The largest absolute Gasteiger partial charge is 0.445 e. The number of carbonyl (C=O) groups is 1. The molecule has 0 aromatic heterocycles. The van der Waals surface area contributed by atoms with Gasteiger partial charge in [0, 0.05) is 17.8 Å². The zero-order chi connectivity index (χ0) is 12.0. The summed E-state index contributed by atoms with van der Waals surface area (Å²) in [6, 6.07) is 7.81. The molecule has 0 N–H and O–H groups in total. The van der Waals surface area contributed by atoms with Crippen molar-refractivity contribution in [3.05, 3.63) is 41.4 Å². The van der Waals surface area contributed by atoms with Crippen molar-refractivity contribution in [2.75, 3.05) is 18.6 Å². The van der Waals surface area contributed by atoms with Crippen LogP contribution >= 0.6 is 11.6 Å². The molecule has 1 aromatic rings. The van der Waals surface area contributed by atoms with E-state index in [0.29, 0.717) is 10.7 Å². The van der Waals surface area contributed by atoms with Gasteiger partial charge in [0.05, 0.1) is 0 Å². The van der Waals surface area contributed by atoms with E-state index in [1.54, 1.807) is 31.3 Å². The molecule has 0 saturated carbocycles. The Kier molecular flexibility index (Phi) is 4.86. The SMILES string of the molecule is CC=CCOC(=O)N(C)c1c[c]cc(Cl)c1. The van der Waals surface area contributed by atoms with Crippen LogP contribution in [-0.2, 0) is 4.74 Å². The molecular weight excluding hydrogens is 226 g/mol. The summed E-state index contributed by atoms with van der Waals surface area (Å²) in [5.41, 5.74) is 0.651. The first-order valence-electron chi connectivity index (χ1n) is 4.83. The summed E-state index contributed by atoms with van der Waals surface area (Å²) in [5.74, 6) is 0. The molecule has 1 rings (SSSR count). The Balaban J connectivity index is 2.63. The third-order valence-electron chi connectivity index (χ3n) is 1.94. The maximum atomic E-state index is 11.5. The third-order valence-corrected chi connectivity index (χ3v) is 2.16. The van der Waals surface area contributed by atoms with Crippen molar-refractivity contribution in [3.63, 3.8) is 0 Å². The highest BCUT2D eigenvalue weighted by Gasteiger charge is 2.11. The van der Waals surface area contributed by atoms with Crippen LogP contribution in [0, 0.1) is 6.07 Å². The monoisotopic (exact) mass is 238 g/mol. The predicted molar refractivity (Wildman–Crippen MR) is 64.9 cm³/mol. The second-order valence-electron chi connectivity index (χ2n) is 3.11. The van der Waals surface area contributed by atoms with Crippen molar-refractivity contribution >= 4 is 23.4 Å². The zero-order valence-electron chi connectivity index (χ0n) is 9.24. The zero-order valence-corrected chi connectivity index (χ0v) is 9.99. The molecule has 0 heterocycles. The number of hydrogen-bond acceptors (Lipinski definition) is 2. The number of carbonyl (C=O) groups excluding carboxylic acids is 1. The Hall–Kier alpha value is -1.48. The van der Waals surface area contributed by atoms with E-state index in [9.17, 15) is 4.79 Å². The lowest BCUT2D eigenvalue weighted by Crippen LogP contribution is -2.27. The predicted octanol–water partition coefficient (Wildman–Crippen LogP) is 3.29. The summed E-state index contributed by atoms with van der Waals surface area (Å²) in [6.45, 7) is 2.13. The van der Waals surface area contributed by atoms with Crippen LogP contribution in [0.5, 0.6) is 0 Å². The summed E-state index contributed by atoms with van der Waals surface area (Å²) in [5, 5.41) is 0.533. The fraction of sp³-hybridized carbons (Fsp3) is 0.250. The lowest BCUT2D eigenvalue weighted by atomic mass is 10.3. The lowest BCUT2D eigenvalue weighted by Gasteiger charge is -2.16. The van der Waals surface area contributed by atoms with E-state index in [0.717, 1.165) is 0 Å². The first-order valence-corrected chi connectivity index (χ1v) is 5.21. The fourth-order valence-corrected chi connectivity index (χ4v) is 1.22. The molecule has 0 unspecified atom stereocenters. The Labute approximate surface area is 100 Å². The Morgan fingerprint density at radius 3 is 3.00 bits per heavy atom. The molecule has 0 aliphatic heterocycles. The maximum absolute atomic E-state index is 11.5. The van der Waals surface area contributed by atoms with Gasteiger partial charge in [0.25, 0.3) is 0 Å². The van der Waals surface area contributed by atoms with Gasteiger partial charge in [-0.15, -0.1) is 0 Å². The number of anilines is 1. The van der Waals surface area contributed by atoms with Crippen LogP contribution in [0.2, 0.25) is 5.02 Å². The van der Waals surface area contributed by atoms with Gasteiger partial charge in [-0.3, -0.25) is 4.90 Å². The second kappa shape index (κ2) is 6.18. The molecule has 3 nitrogen and oxygen atoms in total. The van der Waals surface area contributed by atoms with Crippen LogP contribution in [0.25, 0.3) is 0 Å². The van der Waals surface area contributed by atoms with Crippen molar-refractivity contribution in [1.29, 1.82) is 0 Å². The van der Waals surface area contributed by atoms with Gasteiger partial charge in [-0.05, 0) is 31.2 Å². The number of rotatable bonds is 3. The normalized spacial score (nSPS) is 10.4. The first kappa shape index (κ1) is 12.6. The van der Waals surface area contributed by atoms with Gasteiger partial charge < -0.3 is 4.74 Å². The summed E-state index contributed by atoms with van der Waals surface area (Å²) >= 11 is 5.80. The van der Waals surface area contributed by atoms with Crippen LogP contribution in [-0.4, -0.2) is 19.7 Å². The van der Waals surface area contributed by atoms with Gasteiger partial charge in [0.1, 0.15) is 6.61 Å². The van der Waals surface area contributed by atoms with Crippen molar-refractivity contribution in [3.8, 4) is 0 Å². The molecular formula is C12H13ClNO2. The van der Waals surface area contributed by atoms with Crippen LogP contribution in [0.4, 0.5) is 10.5 Å². The highest BCUT2D eigenvalue weighted by atomic mass is 35.5. The smallest absolute Gasteiger partial charge is 0.414 e. The molecule has 0 spiro atoms. The molecule has 0 aliphatic rings. The molecule has 0 saturated heterocycles. The topological polar surface area (TPSA) is 29.5 Å². The van der Waals surface area contributed by atoms with Gasteiger partial charge in [-0.1, -0.05) is 23.8 Å². The molecule has 4 heteroatoms.